The number of nitrogens with zero attached hydrogens (tertiary/aromatic N) is 6. The third-order valence-electron chi connectivity index (χ3n) is 10.3. The van der Waals surface area contributed by atoms with Crippen molar-refractivity contribution >= 4 is 62.1 Å². The number of amides is 2. The topological polar surface area (TPSA) is 204 Å². The molecule has 8 rings (SSSR count). The molecule has 8 aromatic rings. The molecule has 6 aromatic carbocycles. The summed E-state index contributed by atoms with van der Waals surface area (Å²) in [6.45, 7) is 5.79. The summed E-state index contributed by atoms with van der Waals surface area (Å²) >= 11 is 3.43. The number of halogens is 1. The molecule has 0 aliphatic rings. The Morgan fingerprint density at radius 3 is 1.70 bits per heavy atom. The Bertz CT molecular complexity index is 3050. The van der Waals surface area contributed by atoms with Crippen molar-refractivity contribution in [3.8, 4) is 34.8 Å². The van der Waals surface area contributed by atoms with E-state index in [2.05, 4.69) is 42.4 Å². The molecule has 0 unspecified atom stereocenters. The van der Waals surface area contributed by atoms with Gasteiger partial charge in [-0.15, -0.1) is 0 Å². The Labute approximate surface area is 398 Å². The van der Waals surface area contributed by atoms with E-state index >= 15 is 0 Å². The highest BCUT2D eigenvalue weighted by Gasteiger charge is 2.19. The molecule has 0 fully saturated rings. The van der Waals surface area contributed by atoms with E-state index < -0.39 is 7.12 Å². The average molecular weight is 962 g/mol. The van der Waals surface area contributed by atoms with Gasteiger partial charge in [-0.05, 0) is 113 Å². The number of ether oxygens (including phenoxy) is 2. The second kappa shape index (κ2) is 24.0. The molecule has 16 heteroatoms. The smallest absolute Gasteiger partial charge is 0.488 e. The second-order valence-electron chi connectivity index (χ2n) is 14.9. The largest absolute Gasteiger partial charge is 0.493 e. The first-order valence-corrected chi connectivity index (χ1v) is 21.6. The molecule has 4 N–H and O–H groups in total. The third-order valence-corrected chi connectivity index (χ3v) is 10.9. The van der Waals surface area contributed by atoms with Crippen LogP contribution in [-0.4, -0.2) is 86.5 Å². The lowest BCUT2D eigenvalue weighted by molar-refractivity contribution is 0.0778. The zero-order valence-electron chi connectivity index (χ0n) is 36.7. The fraction of sp³-hybridized carbons (Fsp3) is 0.176. The van der Waals surface area contributed by atoms with Gasteiger partial charge in [0, 0.05) is 54.6 Å². The fourth-order valence-corrected chi connectivity index (χ4v) is 7.38. The van der Waals surface area contributed by atoms with Gasteiger partial charge in [0.2, 0.25) is 0 Å². The van der Waals surface area contributed by atoms with Crippen LogP contribution in [-0.2, 0) is 13.1 Å². The van der Waals surface area contributed by atoms with E-state index in [9.17, 15) is 14.9 Å². The highest BCUT2D eigenvalue weighted by atomic mass is 79.9. The summed E-state index contributed by atoms with van der Waals surface area (Å²) in [5, 5.41) is 51.2. The molecule has 0 aliphatic carbocycles. The van der Waals surface area contributed by atoms with Crippen LogP contribution < -0.4 is 14.9 Å². The van der Waals surface area contributed by atoms with Crippen LogP contribution in [0.1, 0.15) is 64.2 Å². The Balaban J connectivity index is 0.000000207. The van der Waals surface area contributed by atoms with E-state index in [4.69, 9.17) is 24.8 Å². The van der Waals surface area contributed by atoms with Crippen LogP contribution >= 0.6 is 15.9 Å². The number of para-hydroxylation sites is 2. The van der Waals surface area contributed by atoms with Crippen LogP contribution in [0.3, 0.4) is 0 Å². The van der Waals surface area contributed by atoms with Gasteiger partial charge >= 0.3 is 7.12 Å². The molecule has 14 nitrogen and oxygen atoms in total. The van der Waals surface area contributed by atoms with Crippen molar-refractivity contribution in [3.63, 3.8) is 0 Å². The van der Waals surface area contributed by atoms with Crippen molar-refractivity contribution in [1.29, 1.82) is 10.5 Å². The zero-order chi connectivity index (χ0) is 47.2. The predicted molar refractivity (Wildman–Crippen MR) is 265 cm³/mol. The number of carbonyl (C=O) groups is 2. The van der Waals surface area contributed by atoms with Gasteiger partial charge in [-0.3, -0.25) is 19.8 Å². The Hall–Kier alpha value is -7.76. The second-order valence-corrected chi connectivity index (χ2v) is 15.7. The molecule has 2 amide bonds. The van der Waals surface area contributed by atoms with Crippen LogP contribution in [0.2, 0.25) is 0 Å². The average Bonchev–Trinajstić information content (AvgIpc) is 4.04. The van der Waals surface area contributed by atoms with E-state index in [1.54, 1.807) is 84.8 Å². The minimum absolute atomic E-state index is 0. The predicted octanol–water partition coefficient (Wildman–Crippen LogP) is 8.64. The first-order chi connectivity index (χ1) is 31.9. The number of carbonyl (C=O) groups excluding carboxylic acids is 2. The van der Waals surface area contributed by atoms with Crippen molar-refractivity contribution in [2.75, 3.05) is 27.3 Å². The summed E-state index contributed by atoms with van der Waals surface area (Å²) in [7, 11) is 2.07. The van der Waals surface area contributed by atoms with Gasteiger partial charge in [-0.1, -0.05) is 68.1 Å². The number of nitriles is 2. The molecular formula is C51H50BBrN8O6. The van der Waals surface area contributed by atoms with Gasteiger partial charge in [0.25, 0.3) is 11.8 Å². The molecule has 67 heavy (non-hydrogen) atoms. The van der Waals surface area contributed by atoms with Gasteiger partial charge in [0.05, 0.1) is 64.4 Å². The summed E-state index contributed by atoms with van der Waals surface area (Å²) < 4.78 is 12.2. The summed E-state index contributed by atoms with van der Waals surface area (Å²) in [6, 6.07) is 40.3. The van der Waals surface area contributed by atoms with Crippen LogP contribution in [0.15, 0.2) is 138 Å². The van der Waals surface area contributed by atoms with E-state index in [-0.39, 0.29) is 19.2 Å². The number of aromatic amines is 2. The van der Waals surface area contributed by atoms with Crippen LogP contribution in [0, 0.1) is 22.7 Å². The minimum atomic E-state index is -1.50. The van der Waals surface area contributed by atoms with Crippen molar-refractivity contribution in [2.24, 2.45) is 0 Å². The number of hydrogen-bond donors (Lipinski definition) is 4. The van der Waals surface area contributed by atoms with Gasteiger partial charge in [0.15, 0.2) is 0 Å². The van der Waals surface area contributed by atoms with E-state index in [1.807, 2.05) is 86.6 Å². The summed E-state index contributed by atoms with van der Waals surface area (Å²) in [5.41, 5.74) is 8.13. The summed E-state index contributed by atoms with van der Waals surface area (Å²) in [4.78, 5) is 29.2. The molecule has 0 radical (unpaired) electrons. The Kier molecular flexibility index (Phi) is 18.0. The zero-order valence-corrected chi connectivity index (χ0v) is 38.3. The number of aromatic nitrogens is 4. The van der Waals surface area contributed by atoms with E-state index in [1.165, 1.54) is 6.07 Å². The van der Waals surface area contributed by atoms with Crippen molar-refractivity contribution in [3.05, 3.63) is 172 Å². The molecular weight excluding hydrogens is 911 g/mol. The Morgan fingerprint density at radius 2 is 1.16 bits per heavy atom. The first-order valence-electron chi connectivity index (χ1n) is 20.8. The van der Waals surface area contributed by atoms with Crippen LogP contribution in [0.5, 0.6) is 11.5 Å². The normalized spacial score (nSPS) is 10.2. The third kappa shape index (κ3) is 12.7. The van der Waals surface area contributed by atoms with Crippen LogP contribution in [0.25, 0.3) is 32.9 Å². The lowest BCUT2D eigenvalue weighted by Gasteiger charge is -2.19. The molecule has 0 aliphatic heterocycles. The molecule has 0 saturated carbocycles. The minimum Gasteiger partial charge on any atom is -0.493 e. The summed E-state index contributed by atoms with van der Waals surface area (Å²) in [6.07, 6.45) is 3.55. The fourth-order valence-electron chi connectivity index (χ4n) is 7.02. The number of nitrogens with one attached hydrogen (secondary N) is 2. The highest BCUT2D eigenvalue weighted by Crippen LogP contribution is 2.33. The van der Waals surface area contributed by atoms with Crippen molar-refractivity contribution < 1.29 is 29.1 Å². The standard InChI is InChI=1S/C25H22N4O2.C18H18BrN3O2.C7H6BNO2.CH4/c1-3-31-23-13-19(10-11-22(23)18-7-4-6-17(12-18)14-26)25(30)29(2)16-21-9-5-8-20-15-27-28-24(20)21;1-3-24-16-9-12(7-8-15(16)19)18(23)22(2)11-14-6-4-5-13-10-20-21-17(13)14;9-5-6-2-1-3-7(4-6)8(10)11;/h4-13,15H,3,16H2,1-2H3,(H,27,28);4-10H,3,11H2,1-2H3,(H,20,21);1-4,10-11H;1H4. The monoisotopic (exact) mass is 960 g/mol. The first kappa shape index (κ1) is 50.2. The maximum atomic E-state index is 13.1. The molecule has 0 spiro atoms. The molecule has 0 bridgehead atoms. The molecule has 2 aromatic heterocycles. The highest BCUT2D eigenvalue weighted by molar-refractivity contribution is 9.10. The van der Waals surface area contributed by atoms with E-state index in [0.717, 1.165) is 48.5 Å². The molecule has 0 atom stereocenters. The number of fused-ring (bicyclic) bond motifs is 2. The van der Waals surface area contributed by atoms with E-state index in [0.29, 0.717) is 65.5 Å². The number of benzene rings is 6. The molecule has 2 heterocycles. The van der Waals surface area contributed by atoms with Gasteiger partial charge in [-0.2, -0.15) is 20.7 Å². The quantitative estimate of drug-likeness (QED) is 0.0858. The maximum absolute atomic E-state index is 13.1. The lowest BCUT2D eigenvalue weighted by atomic mass is 9.80. The number of hydrogen-bond acceptors (Lipinski definition) is 10. The van der Waals surface area contributed by atoms with Gasteiger partial charge in [0.1, 0.15) is 11.5 Å². The molecule has 0 saturated heterocycles. The maximum Gasteiger partial charge on any atom is 0.488 e. The van der Waals surface area contributed by atoms with Gasteiger partial charge in [-0.25, -0.2) is 0 Å². The number of rotatable bonds is 12. The molecule has 340 valence electrons. The SMILES string of the molecule is C.CCOc1cc(C(=O)N(C)Cc2cccc3cn[nH]c23)ccc1-c1cccc(C#N)c1.CCOc1cc(C(=O)N(C)Cc2cccc3cn[nH]c23)ccc1Br.N#Cc1cccc(B(O)O)c1. The number of H-pyrrole nitrogens is 2. The van der Waals surface area contributed by atoms with Crippen molar-refractivity contribution in [1.82, 2.24) is 30.2 Å². The summed E-state index contributed by atoms with van der Waals surface area (Å²) in [5.74, 6) is 1.13. The Morgan fingerprint density at radius 1 is 0.672 bits per heavy atom. The van der Waals surface area contributed by atoms with Crippen LogP contribution in [0.4, 0.5) is 0 Å². The van der Waals surface area contributed by atoms with Crippen molar-refractivity contribution in [2.45, 2.75) is 34.4 Å². The lowest BCUT2D eigenvalue weighted by Crippen LogP contribution is -2.29. The van der Waals surface area contributed by atoms with Gasteiger partial charge < -0.3 is 29.3 Å².